The van der Waals surface area contributed by atoms with Crippen LogP contribution in [-0.4, -0.2) is 25.0 Å². The molecular formula is C16H13F2N3OS. The normalized spacial score (nSPS) is 17.1. The molecule has 0 spiro atoms. The van der Waals surface area contributed by atoms with Gasteiger partial charge in [-0.2, -0.15) is 5.26 Å². The van der Waals surface area contributed by atoms with E-state index >= 15 is 0 Å². The molecule has 1 atom stereocenters. The fraction of sp³-hybridized carbons (Fsp3) is 0.250. The summed E-state index contributed by atoms with van der Waals surface area (Å²) < 4.78 is 27.6. The summed E-state index contributed by atoms with van der Waals surface area (Å²) in [6.45, 7) is 0.787. The molecule has 23 heavy (non-hydrogen) atoms. The monoisotopic (exact) mass is 333 g/mol. The summed E-state index contributed by atoms with van der Waals surface area (Å²) in [7, 11) is 0. The molecule has 118 valence electrons. The van der Waals surface area contributed by atoms with Crippen molar-refractivity contribution in [3.63, 3.8) is 0 Å². The smallest absolute Gasteiger partial charge is 0.262 e. The summed E-state index contributed by atoms with van der Waals surface area (Å²) in [5.74, 6) is -1.54. The van der Waals surface area contributed by atoms with Gasteiger partial charge < -0.3 is 10.2 Å². The van der Waals surface area contributed by atoms with Crippen LogP contribution in [-0.2, 0) is 0 Å². The lowest BCUT2D eigenvalue weighted by Gasteiger charge is -2.20. The van der Waals surface area contributed by atoms with Crippen LogP contribution in [0.2, 0.25) is 0 Å². The van der Waals surface area contributed by atoms with Crippen LogP contribution in [0.1, 0.15) is 21.7 Å². The second-order valence-corrected chi connectivity index (χ2v) is 6.17. The Morgan fingerprint density at radius 1 is 1.35 bits per heavy atom. The molecule has 0 unspecified atom stereocenters. The number of hydrogen-bond donors (Lipinski definition) is 1. The number of hydrogen-bond acceptors (Lipinski definition) is 4. The maximum atomic E-state index is 13.8. The zero-order chi connectivity index (χ0) is 16.4. The van der Waals surface area contributed by atoms with Crippen molar-refractivity contribution in [3.8, 4) is 6.07 Å². The van der Waals surface area contributed by atoms with Crippen molar-refractivity contribution in [2.75, 3.05) is 18.0 Å². The van der Waals surface area contributed by atoms with Crippen LogP contribution < -0.4 is 10.2 Å². The maximum absolute atomic E-state index is 13.8. The van der Waals surface area contributed by atoms with Crippen LogP contribution in [0.25, 0.3) is 0 Å². The summed E-state index contributed by atoms with van der Waals surface area (Å²) in [6.07, 6.45) is 0.590. The lowest BCUT2D eigenvalue weighted by molar-refractivity contribution is 0.0944. The van der Waals surface area contributed by atoms with Crippen molar-refractivity contribution in [2.45, 2.75) is 12.5 Å². The maximum Gasteiger partial charge on any atom is 0.262 e. The standard InChI is InChI=1S/C16H13F2N3OS/c17-12-2-1-3-13(18)14(12)21-6-4-11(9-21)20-16(22)15-10(8-19)5-7-23-15/h1-3,5,7,11H,4,6,9H2,(H,20,22)/t11-/m1/s1. The van der Waals surface area contributed by atoms with Crippen LogP contribution >= 0.6 is 11.3 Å². The van der Waals surface area contributed by atoms with Crippen molar-refractivity contribution < 1.29 is 13.6 Å². The molecule has 0 bridgehead atoms. The molecule has 0 saturated carbocycles. The number of para-hydroxylation sites is 1. The quantitative estimate of drug-likeness (QED) is 0.940. The van der Waals surface area contributed by atoms with E-state index in [0.29, 0.717) is 30.0 Å². The minimum atomic E-state index is -0.609. The molecule has 4 nitrogen and oxygen atoms in total. The Morgan fingerprint density at radius 2 is 2.09 bits per heavy atom. The van der Waals surface area contributed by atoms with E-state index in [9.17, 15) is 13.6 Å². The van der Waals surface area contributed by atoms with Gasteiger partial charge in [0.1, 0.15) is 28.3 Å². The van der Waals surface area contributed by atoms with E-state index in [0.717, 1.165) is 0 Å². The van der Waals surface area contributed by atoms with Gasteiger partial charge in [0.15, 0.2) is 0 Å². The van der Waals surface area contributed by atoms with Gasteiger partial charge in [-0.1, -0.05) is 6.07 Å². The first-order valence-electron chi connectivity index (χ1n) is 7.07. The third-order valence-corrected chi connectivity index (χ3v) is 4.68. The van der Waals surface area contributed by atoms with Gasteiger partial charge in [0.2, 0.25) is 0 Å². The first-order chi connectivity index (χ1) is 11.1. The molecule has 2 aromatic rings. The van der Waals surface area contributed by atoms with E-state index < -0.39 is 11.6 Å². The van der Waals surface area contributed by atoms with Gasteiger partial charge >= 0.3 is 0 Å². The largest absolute Gasteiger partial charge is 0.365 e. The summed E-state index contributed by atoms with van der Waals surface area (Å²) >= 11 is 1.20. The highest BCUT2D eigenvalue weighted by atomic mass is 32.1. The highest BCUT2D eigenvalue weighted by Crippen LogP contribution is 2.27. The number of nitrogens with one attached hydrogen (secondary N) is 1. The van der Waals surface area contributed by atoms with Gasteiger partial charge in [-0.05, 0) is 30.0 Å². The number of benzene rings is 1. The predicted molar refractivity (Wildman–Crippen MR) is 83.5 cm³/mol. The minimum absolute atomic E-state index is 0.0573. The molecule has 1 saturated heterocycles. The zero-order valence-electron chi connectivity index (χ0n) is 12.1. The Labute approximate surface area is 136 Å². The van der Waals surface area contributed by atoms with E-state index in [2.05, 4.69) is 5.32 Å². The molecule has 0 aliphatic carbocycles. The summed E-state index contributed by atoms with van der Waals surface area (Å²) in [4.78, 5) is 14.2. The van der Waals surface area contributed by atoms with Crippen molar-refractivity contribution in [2.24, 2.45) is 0 Å². The molecule has 1 aliphatic heterocycles. The number of carbonyl (C=O) groups is 1. The third kappa shape index (κ3) is 3.03. The minimum Gasteiger partial charge on any atom is -0.365 e. The molecular weight excluding hydrogens is 320 g/mol. The first kappa shape index (κ1) is 15.4. The van der Waals surface area contributed by atoms with Gasteiger partial charge in [0.25, 0.3) is 5.91 Å². The van der Waals surface area contributed by atoms with E-state index in [-0.39, 0.29) is 17.6 Å². The fourth-order valence-corrected chi connectivity index (χ4v) is 3.44. The summed E-state index contributed by atoms with van der Waals surface area (Å²) in [5.41, 5.74) is 0.278. The Kier molecular flexibility index (Phi) is 4.26. The number of anilines is 1. The Morgan fingerprint density at radius 3 is 2.78 bits per heavy atom. The topological polar surface area (TPSA) is 56.1 Å². The number of thiophene rings is 1. The molecule has 2 heterocycles. The highest BCUT2D eigenvalue weighted by molar-refractivity contribution is 7.12. The molecule has 1 aliphatic rings. The van der Waals surface area contributed by atoms with Crippen molar-refractivity contribution in [3.05, 3.63) is 51.7 Å². The van der Waals surface area contributed by atoms with E-state index in [1.807, 2.05) is 6.07 Å². The second-order valence-electron chi connectivity index (χ2n) is 5.25. The van der Waals surface area contributed by atoms with Crippen LogP contribution in [0, 0.1) is 23.0 Å². The molecule has 1 N–H and O–H groups in total. The Hall–Kier alpha value is -2.46. The molecule has 1 fully saturated rings. The van der Waals surface area contributed by atoms with Crippen LogP contribution in [0.15, 0.2) is 29.6 Å². The lowest BCUT2D eigenvalue weighted by atomic mass is 10.2. The Bertz CT molecular complexity index is 764. The average molecular weight is 333 g/mol. The second kappa shape index (κ2) is 6.34. The molecule has 1 aromatic carbocycles. The average Bonchev–Trinajstić information content (AvgIpc) is 3.16. The van der Waals surface area contributed by atoms with Crippen LogP contribution in [0.5, 0.6) is 0 Å². The molecule has 7 heteroatoms. The predicted octanol–water partition coefficient (Wildman–Crippen LogP) is 2.91. The molecule has 1 aromatic heterocycles. The number of rotatable bonds is 3. The van der Waals surface area contributed by atoms with Gasteiger partial charge in [-0.3, -0.25) is 4.79 Å². The van der Waals surface area contributed by atoms with E-state index in [1.54, 1.807) is 16.3 Å². The van der Waals surface area contributed by atoms with Gasteiger partial charge in [-0.15, -0.1) is 11.3 Å². The van der Waals surface area contributed by atoms with Crippen LogP contribution in [0.4, 0.5) is 14.5 Å². The SMILES string of the molecule is N#Cc1ccsc1C(=O)N[C@@H]1CCN(c2c(F)cccc2F)C1. The van der Waals surface area contributed by atoms with E-state index in [4.69, 9.17) is 5.26 Å². The number of amides is 1. The van der Waals surface area contributed by atoms with E-state index in [1.165, 1.54) is 29.5 Å². The number of carbonyl (C=O) groups excluding carboxylic acids is 1. The van der Waals surface area contributed by atoms with Gasteiger partial charge in [0, 0.05) is 19.1 Å². The Balaban J connectivity index is 1.69. The van der Waals surface area contributed by atoms with Gasteiger partial charge in [-0.25, -0.2) is 8.78 Å². The highest BCUT2D eigenvalue weighted by Gasteiger charge is 2.28. The molecule has 0 radical (unpaired) electrons. The third-order valence-electron chi connectivity index (χ3n) is 3.77. The van der Waals surface area contributed by atoms with Gasteiger partial charge in [0.05, 0.1) is 5.56 Å². The molecule has 3 rings (SSSR count). The zero-order valence-corrected chi connectivity index (χ0v) is 12.9. The fourth-order valence-electron chi connectivity index (χ4n) is 2.70. The summed E-state index contributed by atoms with van der Waals surface area (Å²) in [5, 5.41) is 13.5. The lowest BCUT2D eigenvalue weighted by Crippen LogP contribution is -2.37. The van der Waals surface area contributed by atoms with Crippen molar-refractivity contribution in [1.29, 1.82) is 5.26 Å². The summed E-state index contributed by atoms with van der Waals surface area (Å²) in [6, 6.07) is 7.11. The van der Waals surface area contributed by atoms with Crippen molar-refractivity contribution in [1.82, 2.24) is 5.32 Å². The number of nitrogens with zero attached hydrogens (tertiary/aromatic N) is 2. The number of nitriles is 1. The first-order valence-corrected chi connectivity index (χ1v) is 7.95. The van der Waals surface area contributed by atoms with Crippen LogP contribution in [0.3, 0.4) is 0 Å². The van der Waals surface area contributed by atoms with Crippen molar-refractivity contribution >= 4 is 22.9 Å². The molecule has 1 amide bonds. The number of halogens is 2.